The van der Waals surface area contributed by atoms with E-state index in [1.54, 1.807) is 0 Å². The third-order valence-electron chi connectivity index (χ3n) is 2.45. The molecule has 0 saturated carbocycles. The molecule has 84 valence electrons. The van der Waals surface area contributed by atoms with Crippen LogP contribution in [0, 0.1) is 0 Å². The second kappa shape index (κ2) is 3.18. The van der Waals surface area contributed by atoms with E-state index in [2.05, 4.69) is 31.9 Å². The van der Waals surface area contributed by atoms with E-state index < -0.39 is 25.7 Å². The van der Waals surface area contributed by atoms with Crippen LogP contribution in [0.2, 0.25) is 0 Å². The van der Waals surface area contributed by atoms with Crippen molar-refractivity contribution in [3.8, 4) is 0 Å². The van der Waals surface area contributed by atoms with Gasteiger partial charge in [0.2, 0.25) is 25.7 Å². The molecule has 0 N–H and O–H groups in total. The van der Waals surface area contributed by atoms with Crippen molar-refractivity contribution in [2.75, 3.05) is 0 Å². The first kappa shape index (κ1) is 12.9. The van der Waals surface area contributed by atoms with Crippen LogP contribution in [0.4, 0.5) is 0 Å². The van der Waals surface area contributed by atoms with Crippen molar-refractivity contribution in [3.63, 3.8) is 0 Å². The van der Waals surface area contributed by atoms with Crippen LogP contribution in [0.3, 0.4) is 0 Å². The highest BCUT2D eigenvalue weighted by Crippen LogP contribution is 2.62. The van der Waals surface area contributed by atoms with Crippen molar-refractivity contribution in [3.05, 3.63) is 0 Å². The molecule has 1 heterocycles. The lowest BCUT2D eigenvalue weighted by Crippen LogP contribution is -2.67. The van der Waals surface area contributed by atoms with Crippen molar-refractivity contribution < 1.29 is 16.8 Å². The molecule has 1 fully saturated rings. The predicted octanol–water partition coefficient (Wildman–Crippen LogP) is 1.75. The standard InChI is InChI=1S/C6H10Br2O4S2/c1-3-5(7)13(9,10)6(8,4-2)14(5,11)12/h3-4H2,1-2H3. The van der Waals surface area contributed by atoms with E-state index in [1.807, 2.05) is 0 Å². The van der Waals surface area contributed by atoms with Crippen LogP contribution in [-0.4, -0.2) is 22.8 Å². The van der Waals surface area contributed by atoms with Gasteiger partial charge in [-0.15, -0.1) is 0 Å². The third kappa shape index (κ3) is 0.985. The van der Waals surface area contributed by atoms with E-state index in [0.29, 0.717) is 0 Å². The van der Waals surface area contributed by atoms with E-state index >= 15 is 0 Å². The third-order valence-corrected chi connectivity index (χ3v) is 15.7. The Labute approximate surface area is 101 Å². The monoisotopic (exact) mass is 368 g/mol. The summed E-state index contributed by atoms with van der Waals surface area (Å²) in [4.78, 5) is 0. The first-order valence-corrected chi connectivity index (χ1v) is 8.53. The minimum Gasteiger partial charge on any atom is -0.224 e. The normalized spacial score (nSPS) is 44.3. The summed E-state index contributed by atoms with van der Waals surface area (Å²) < 4.78 is 43.6. The first-order chi connectivity index (χ1) is 6.12. The number of rotatable bonds is 2. The highest BCUT2D eigenvalue weighted by Gasteiger charge is 2.79. The van der Waals surface area contributed by atoms with Gasteiger partial charge < -0.3 is 0 Å². The first-order valence-electron chi connectivity index (χ1n) is 3.98. The Morgan fingerprint density at radius 3 is 1.21 bits per heavy atom. The summed E-state index contributed by atoms with van der Waals surface area (Å²) in [6.45, 7) is 3.04. The zero-order chi connectivity index (χ0) is 11.4. The van der Waals surface area contributed by atoms with Gasteiger partial charge in [0.05, 0.1) is 0 Å². The van der Waals surface area contributed by atoms with Crippen LogP contribution in [0.25, 0.3) is 0 Å². The van der Waals surface area contributed by atoms with Crippen LogP contribution >= 0.6 is 31.9 Å². The fourth-order valence-corrected chi connectivity index (χ4v) is 13.3. The summed E-state index contributed by atoms with van der Waals surface area (Å²) in [6, 6.07) is 0. The molecule has 8 heteroatoms. The van der Waals surface area contributed by atoms with Gasteiger partial charge in [-0.2, -0.15) is 0 Å². The van der Waals surface area contributed by atoms with Crippen LogP contribution in [0.5, 0.6) is 0 Å². The molecular formula is C6H10Br2O4S2. The second-order valence-corrected chi connectivity index (χ2v) is 13.2. The van der Waals surface area contributed by atoms with Gasteiger partial charge in [0.1, 0.15) is 0 Å². The number of sulfone groups is 2. The Morgan fingerprint density at radius 1 is 0.857 bits per heavy atom. The van der Waals surface area contributed by atoms with Gasteiger partial charge in [-0.25, -0.2) is 16.8 Å². The summed E-state index contributed by atoms with van der Waals surface area (Å²) >= 11 is 5.64. The minimum absolute atomic E-state index is 0.00498. The van der Waals surface area contributed by atoms with Crippen LogP contribution in [0.15, 0.2) is 0 Å². The fraction of sp³-hybridized carbons (Fsp3) is 1.00. The van der Waals surface area contributed by atoms with Crippen molar-refractivity contribution in [2.45, 2.75) is 32.7 Å². The van der Waals surface area contributed by atoms with E-state index in [9.17, 15) is 16.8 Å². The Kier molecular flexibility index (Phi) is 2.93. The van der Waals surface area contributed by atoms with Gasteiger partial charge >= 0.3 is 0 Å². The molecule has 0 aliphatic carbocycles. The van der Waals surface area contributed by atoms with Crippen molar-refractivity contribution >= 4 is 51.5 Å². The molecule has 0 bridgehead atoms. The molecule has 0 aromatic carbocycles. The van der Waals surface area contributed by atoms with E-state index in [4.69, 9.17) is 0 Å². The molecule has 4 nitrogen and oxygen atoms in total. The van der Waals surface area contributed by atoms with Gasteiger partial charge in [0.25, 0.3) is 0 Å². The number of alkyl halides is 2. The highest BCUT2D eigenvalue weighted by molar-refractivity contribution is 9.18. The lowest BCUT2D eigenvalue weighted by molar-refractivity contribution is 0.530. The van der Waals surface area contributed by atoms with Gasteiger partial charge in [-0.05, 0) is 44.7 Å². The van der Waals surface area contributed by atoms with Gasteiger partial charge in [0.15, 0.2) is 0 Å². The lowest BCUT2D eigenvalue weighted by atomic mass is 10.5. The molecule has 14 heavy (non-hydrogen) atoms. The Morgan fingerprint density at radius 2 is 1.07 bits per heavy atom. The maximum Gasteiger partial charge on any atom is 0.231 e. The summed E-state index contributed by atoms with van der Waals surface area (Å²) in [5.41, 5.74) is 0. The molecule has 1 aliphatic heterocycles. The minimum atomic E-state index is -3.72. The topological polar surface area (TPSA) is 68.3 Å². The number of hydrogen-bond donors (Lipinski definition) is 0. The lowest BCUT2D eigenvalue weighted by Gasteiger charge is -2.46. The molecule has 0 atom stereocenters. The Bertz CT molecular complexity index is 386. The molecule has 1 saturated heterocycles. The quantitative estimate of drug-likeness (QED) is 0.695. The maximum atomic E-state index is 11.8. The molecule has 0 amide bonds. The molecule has 1 rings (SSSR count). The fourth-order valence-electron chi connectivity index (χ4n) is 1.47. The Balaban J connectivity index is 3.53. The largest absolute Gasteiger partial charge is 0.231 e. The van der Waals surface area contributed by atoms with E-state index in [-0.39, 0.29) is 12.8 Å². The summed E-state index contributed by atoms with van der Waals surface area (Å²) in [5, 5.41) is 0. The number of halogens is 2. The molecule has 0 aromatic heterocycles. The van der Waals surface area contributed by atoms with Crippen molar-refractivity contribution in [1.29, 1.82) is 0 Å². The van der Waals surface area contributed by atoms with Gasteiger partial charge in [-0.1, -0.05) is 13.8 Å². The highest BCUT2D eigenvalue weighted by atomic mass is 79.9. The Hall–Kier alpha value is 0.860. The average molecular weight is 370 g/mol. The smallest absolute Gasteiger partial charge is 0.224 e. The molecule has 0 radical (unpaired) electrons. The van der Waals surface area contributed by atoms with Crippen molar-refractivity contribution in [2.24, 2.45) is 0 Å². The molecule has 0 spiro atoms. The molecule has 0 unspecified atom stereocenters. The van der Waals surface area contributed by atoms with Crippen LogP contribution < -0.4 is 0 Å². The molecule has 1 aliphatic rings. The van der Waals surface area contributed by atoms with Crippen LogP contribution in [0.1, 0.15) is 26.7 Å². The molecular weight excluding hydrogens is 360 g/mol. The summed E-state index contributed by atoms with van der Waals surface area (Å²) in [5.74, 6) is 0. The maximum absolute atomic E-state index is 11.8. The summed E-state index contributed by atoms with van der Waals surface area (Å²) in [7, 11) is -7.45. The average Bonchev–Trinajstić information content (AvgIpc) is 2.13. The molecule has 0 aromatic rings. The predicted molar refractivity (Wildman–Crippen MR) is 61.7 cm³/mol. The zero-order valence-electron chi connectivity index (χ0n) is 7.62. The number of hydrogen-bond acceptors (Lipinski definition) is 4. The zero-order valence-corrected chi connectivity index (χ0v) is 12.4. The second-order valence-electron chi connectivity index (χ2n) is 3.03. The summed E-state index contributed by atoms with van der Waals surface area (Å²) in [6.07, 6.45) is 0.00995. The van der Waals surface area contributed by atoms with Crippen molar-refractivity contribution in [1.82, 2.24) is 0 Å². The SMILES string of the molecule is CCC1(Br)S(=O)(=O)C(Br)(CC)S1(=O)=O. The van der Waals surface area contributed by atoms with E-state index in [1.165, 1.54) is 13.8 Å². The van der Waals surface area contributed by atoms with Gasteiger partial charge in [0, 0.05) is 0 Å². The van der Waals surface area contributed by atoms with E-state index in [0.717, 1.165) is 0 Å². The van der Waals surface area contributed by atoms with Crippen LogP contribution in [-0.2, 0) is 19.7 Å². The van der Waals surface area contributed by atoms with Gasteiger partial charge in [-0.3, -0.25) is 0 Å².